The van der Waals surface area contributed by atoms with Crippen molar-refractivity contribution in [1.29, 1.82) is 0 Å². The predicted molar refractivity (Wildman–Crippen MR) is 21.7 cm³/mol. The van der Waals surface area contributed by atoms with E-state index in [1.807, 2.05) is 0 Å². The van der Waals surface area contributed by atoms with E-state index in [2.05, 4.69) is 0 Å². The van der Waals surface area contributed by atoms with Crippen molar-refractivity contribution in [1.82, 2.24) is 0 Å². The molecule has 5 N–H and O–H groups in total. The summed E-state index contributed by atoms with van der Waals surface area (Å²) in [6.45, 7) is 0. The summed E-state index contributed by atoms with van der Waals surface area (Å²) < 4.78 is 8.88. The Morgan fingerprint density at radius 1 is 1.00 bits per heavy atom. The quantitative estimate of drug-likeness (QED) is 0.109. The molecule has 0 aromatic carbocycles. The van der Waals surface area contributed by atoms with E-state index in [0.29, 0.717) is 0 Å². The molecule has 0 spiro atoms. The summed E-state index contributed by atoms with van der Waals surface area (Å²) in [5, 5.41) is 12.0. The topological polar surface area (TPSA) is 118 Å². The number of hydrogen-bond acceptors (Lipinski definition) is 3. The summed E-state index contributed by atoms with van der Waals surface area (Å²) in [6.07, 6.45) is 0. The van der Waals surface area contributed by atoms with Crippen LogP contribution in [0.5, 0.6) is 0 Å². The van der Waals surface area contributed by atoms with Crippen molar-refractivity contribution in [2.24, 2.45) is 0 Å². The molecule has 0 rings (SSSR count). The Bertz CT molecular complexity index is 64.7. The maximum absolute atomic E-state index is 8.88. The molecule has 6 nitrogen and oxygen atoms in total. The molecule has 50 valence electrons. The van der Waals surface area contributed by atoms with Crippen LogP contribution in [-0.4, -0.2) is 25.2 Å². The van der Waals surface area contributed by atoms with Gasteiger partial charge in [0.05, 0.1) is 0 Å². The van der Waals surface area contributed by atoms with Crippen molar-refractivity contribution in [2.75, 3.05) is 0 Å². The van der Waals surface area contributed by atoms with Crippen LogP contribution in [0.1, 0.15) is 2.85 Å². The third-order valence-electron chi connectivity index (χ3n) is 0. The zero-order chi connectivity index (χ0) is 6.50. The van der Waals surface area contributed by atoms with Crippen LogP contribution in [0.25, 0.3) is 0 Å². The van der Waals surface area contributed by atoms with Gasteiger partial charge in [-0.1, -0.05) is 0 Å². The van der Waals surface area contributed by atoms with Gasteiger partial charge in [0, 0.05) is 0 Å². The zero-order valence-corrected chi connectivity index (χ0v) is 9.99. The van der Waals surface area contributed by atoms with Gasteiger partial charge >= 0.3 is 66.9 Å². The van der Waals surface area contributed by atoms with Crippen LogP contribution in [0.3, 0.4) is 0 Å². The van der Waals surface area contributed by atoms with Gasteiger partial charge in [-0.2, -0.15) is 0 Å². The largest absolute Gasteiger partial charge is 1.00 e. The predicted octanol–water partition coefficient (Wildman–Crippen LogP) is -6.68. The van der Waals surface area contributed by atoms with Gasteiger partial charge in [-0.15, -0.1) is 0 Å². The molecule has 0 heterocycles. The van der Waals surface area contributed by atoms with Crippen molar-refractivity contribution in [3.8, 4) is 0 Å². The molecule has 0 aromatic rings. The third kappa shape index (κ3) is 157. The molecule has 0 aromatic heterocycles. The van der Waals surface area contributed by atoms with Crippen LogP contribution in [0.2, 0.25) is 0 Å². The maximum atomic E-state index is 8.88. The second-order valence-corrected chi connectivity index (χ2v) is 1.54. The first-order valence-electron chi connectivity index (χ1n) is 0.983. The molecule has 0 aliphatic heterocycles. The molecule has 0 saturated carbocycles. The molecule has 0 radical (unpaired) electrons. The van der Waals surface area contributed by atoms with Crippen LogP contribution in [0.4, 0.5) is 0 Å². The minimum Gasteiger partial charge on any atom is -1.00 e. The first-order valence-corrected chi connectivity index (χ1v) is 2.55. The molecular weight excluding hydrogens is 173 g/mol. The molecule has 9 heteroatoms. The molecule has 9 heavy (non-hydrogen) atoms. The van der Waals surface area contributed by atoms with Gasteiger partial charge in [-0.3, -0.25) is 10.5 Å². The first-order chi connectivity index (χ1) is 3.00. The van der Waals surface area contributed by atoms with Crippen molar-refractivity contribution < 1.29 is 91.7 Å². The van der Waals surface area contributed by atoms with Gasteiger partial charge in [-0.05, 0) is 0 Å². The zero-order valence-electron chi connectivity index (χ0n) is 7.09. The fourth-order valence-corrected chi connectivity index (χ4v) is 0. The van der Waals surface area contributed by atoms with Crippen LogP contribution in [0.15, 0.2) is 0 Å². The molecule has 0 bridgehead atoms. The fraction of sp³-hybridized carbons (Fsp3) is 0. The fourth-order valence-electron chi connectivity index (χ4n) is 0. The monoisotopic (exact) mass is 180 g/mol. The first kappa shape index (κ1) is 22.5. The van der Waals surface area contributed by atoms with E-state index in [1.165, 1.54) is 0 Å². The van der Waals surface area contributed by atoms with E-state index in [9.17, 15) is 0 Å². The van der Waals surface area contributed by atoms with Gasteiger partial charge in [-0.25, -0.2) is 4.57 Å². The van der Waals surface area contributed by atoms with Crippen LogP contribution in [0, 0.1) is 0 Å². The Morgan fingerprint density at radius 2 is 1.00 bits per heavy atom. The third-order valence-corrected chi connectivity index (χ3v) is 0. The van der Waals surface area contributed by atoms with Crippen molar-refractivity contribution in [3.63, 3.8) is 0 Å². The summed E-state index contributed by atoms with van der Waals surface area (Å²) in [4.78, 5) is 21.6. The van der Waals surface area contributed by atoms with Crippen LogP contribution >= 0.6 is 7.82 Å². The molecule has 0 amide bonds. The van der Waals surface area contributed by atoms with Gasteiger partial charge in [0.15, 0.2) is 0 Å². The minimum atomic E-state index is -4.64. The normalized spacial score (nSPS) is 7.22. The van der Waals surface area contributed by atoms with Gasteiger partial charge < -0.3 is 17.5 Å². The van der Waals surface area contributed by atoms with Crippen molar-refractivity contribution in [3.05, 3.63) is 0 Å². The van der Waals surface area contributed by atoms with Gasteiger partial charge in [0.25, 0.3) is 0 Å². The van der Waals surface area contributed by atoms with E-state index in [1.54, 1.807) is 0 Å². The summed E-state index contributed by atoms with van der Waals surface area (Å²) in [5.74, 6) is 0. The van der Waals surface area contributed by atoms with Crippen LogP contribution < -0.4 is 59.1 Å². The standard InChI is InChI=1S/2Na.H3O4P.H2O2.2H/c;;1-5(2,3)4;1-2;;/h;;(H3,1,2,3,4);1-2H;;/q2*+1;;;2*-1. The minimum absolute atomic E-state index is 0. The second-order valence-electron chi connectivity index (χ2n) is 0.513. The Morgan fingerprint density at radius 3 is 1.00 bits per heavy atom. The Kier molecular flexibility index (Phi) is 31.6. The second kappa shape index (κ2) is 12.7. The molecule has 0 unspecified atom stereocenters. The van der Waals surface area contributed by atoms with Gasteiger partial charge in [0.2, 0.25) is 0 Å². The Hall–Kier alpha value is 2.03. The van der Waals surface area contributed by atoms with Crippen molar-refractivity contribution in [2.45, 2.75) is 0 Å². The van der Waals surface area contributed by atoms with E-state index in [-0.39, 0.29) is 62.0 Å². The Balaban J connectivity index is -0.00000000972. The average Bonchev–Trinajstić information content (AvgIpc) is 1.36. The SMILES string of the molecule is O=P(O)(O)O.OO.[H-].[H-].[Na+].[Na+]. The van der Waals surface area contributed by atoms with E-state index < -0.39 is 7.82 Å². The Labute approximate surface area is 98.6 Å². The smallest absolute Gasteiger partial charge is 1.00 e. The van der Waals surface area contributed by atoms with E-state index >= 15 is 0 Å². The molecular formula is H7Na2O6P. The molecule has 0 fully saturated rings. The molecule has 0 aliphatic rings. The number of hydrogen-bond donors (Lipinski definition) is 5. The molecule has 0 aliphatic carbocycles. The van der Waals surface area contributed by atoms with E-state index in [0.717, 1.165) is 0 Å². The van der Waals surface area contributed by atoms with E-state index in [4.69, 9.17) is 29.8 Å². The summed E-state index contributed by atoms with van der Waals surface area (Å²) in [6, 6.07) is 0. The summed E-state index contributed by atoms with van der Waals surface area (Å²) >= 11 is 0. The molecule has 0 atom stereocenters. The number of rotatable bonds is 0. The summed E-state index contributed by atoms with van der Waals surface area (Å²) in [7, 11) is -4.64. The molecule has 0 saturated heterocycles. The van der Waals surface area contributed by atoms with Gasteiger partial charge in [0.1, 0.15) is 0 Å². The average molecular weight is 180 g/mol. The number of phosphoric acid groups is 1. The van der Waals surface area contributed by atoms with Crippen LogP contribution in [-0.2, 0) is 4.57 Å². The van der Waals surface area contributed by atoms with Crippen molar-refractivity contribution >= 4 is 7.82 Å². The summed E-state index contributed by atoms with van der Waals surface area (Å²) in [5.41, 5.74) is 0. The maximum Gasteiger partial charge on any atom is 1.00 e.